The molecule has 0 radical (unpaired) electrons. The third-order valence-electron chi connectivity index (χ3n) is 3.14. The lowest BCUT2D eigenvalue weighted by molar-refractivity contribution is 0.0955. The van der Waals surface area contributed by atoms with E-state index in [2.05, 4.69) is 10.5 Å². The van der Waals surface area contributed by atoms with Gasteiger partial charge in [0.25, 0.3) is 5.91 Å². The smallest absolute Gasteiger partial charge is 0.271 e. The highest BCUT2D eigenvalue weighted by Gasteiger charge is 2.08. The Morgan fingerprint density at radius 2 is 1.83 bits per heavy atom. The van der Waals surface area contributed by atoms with Gasteiger partial charge in [0.1, 0.15) is 5.75 Å². The van der Waals surface area contributed by atoms with Crippen molar-refractivity contribution < 1.29 is 19.0 Å². The van der Waals surface area contributed by atoms with Crippen molar-refractivity contribution in [2.75, 3.05) is 21.3 Å². The predicted molar refractivity (Wildman–Crippen MR) is 87.6 cm³/mol. The maximum absolute atomic E-state index is 12.0. The summed E-state index contributed by atoms with van der Waals surface area (Å²) >= 11 is 0. The van der Waals surface area contributed by atoms with Crippen molar-refractivity contribution >= 4 is 12.1 Å². The van der Waals surface area contributed by atoms with Crippen molar-refractivity contribution in [3.8, 4) is 17.2 Å². The molecule has 0 saturated heterocycles. The van der Waals surface area contributed by atoms with Gasteiger partial charge < -0.3 is 14.2 Å². The number of benzene rings is 2. The first-order valence-corrected chi connectivity index (χ1v) is 6.88. The van der Waals surface area contributed by atoms with E-state index in [-0.39, 0.29) is 5.91 Å². The summed E-state index contributed by atoms with van der Waals surface area (Å²) in [7, 11) is 4.65. The number of hydrogen-bond acceptors (Lipinski definition) is 5. The third-order valence-corrected chi connectivity index (χ3v) is 3.14. The Bertz CT molecular complexity index is 713. The Hall–Kier alpha value is -3.02. The number of para-hydroxylation sites is 1. The van der Waals surface area contributed by atoms with Crippen LogP contribution in [0, 0.1) is 0 Å². The maximum atomic E-state index is 12.0. The molecule has 6 heteroatoms. The van der Waals surface area contributed by atoms with Crippen LogP contribution in [0.3, 0.4) is 0 Å². The van der Waals surface area contributed by atoms with Crippen molar-refractivity contribution in [1.82, 2.24) is 5.43 Å². The molecule has 120 valence electrons. The van der Waals surface area contributed by atoms with Crippen LogP contribution >= 0.6 is 0 Å². The number of ether oxygens (including phenoxy) is 3. The van der Waals surface area contributed by atoms with Crippen LogP contribution in [0.15, 0.2) is 47.6 Å². The fourth-order valence-corrected chi connectivity index (χ4v) is 2.00. The molecular weight excluding hydrogens is 296 g/mol. The lowest BCUT2D eigenvalue weighted by Gasteiger charge is -2.09. The Labute approximate surface area is 134 Å². The van der Waals surface area contributed by atoms with Crippen LogP contribution in [0.2, 0.25) is 0 Å². The molecule has 0 bridgehead atoms. The van der Waals surface area contributed by atoms with Gasteiger partial charge in [-0.1, -0.05) is 12.1 Å². The van der Waals surface area contributed by atoms with Crippen LogP contribution < -0.4 is 19.6 Å². The van der Waals surface area contributed by atoms with E-state index in [1.165, 1.54) is 6.21 Å². The molecule has 0 saturated carbocycles. The monoisotopic (exact) mass is 314 g/mol. The number of carbonyl (C=O) groups excluding carboxylic acids is 1. The van der Waals surface area contributed by atoms with Gasteiger partial charge in [-0.15, -0.1) is 0 Å². The van der Waals surface area contributed by atoms with Gasteiger partial charge in [0.2, 0.25) is 0 Å². The zero-order chi connectivity index (χ0) is 16.7. The van der Waals surface area contributed by atoms with E-state index in [9.17, 15) is 4.79 Å². The summed E-state index contributed by atoms with van der Waals surface area (Å²) < 4.78 is 15.6. The van der Waals surface area contributed by atoms with Crippen molar-refractivity contribution in [1.29, 1.82) is 0 Å². The minimum Gasteiger partial charge on any atom is -0.497 e. The molecule has 0 aliphatic heterocycles. The molecule has 23 heavy (non-hydrogen) atoms. The number of nitrogens with zero attached hydrogens (tertiary/aromatic N) is 1. The summed E-state index contributed by atoms with van der Waals surface area (Å²) in [6, 6.07) is 12.2. The lowest BCUT2D eigenvalue weighted by Crippen LogP contribution is -2.17. The van der Waals surface area contributed by atoms with E-state index in [1.54, 1.807) is 51.7 Å². The first-order valence-electron chi connectivity index (χ1n) is 6.88. The minimum absolute atomic E-state index is 0.331. The Kier molecular flexibility index (Phi) is 5.57. The maximum Gasteiger partial charge on any atom is 0.271 e. The van der Waals surface area contributed by atoms with E-state index in [0.717, 1.165) is 0 Å². The number of hydrazone groups is 1. The Morgan fingerprint density at radius 3 is 2.52 bits per heavy atom. The highest BCUT2D eigenvalue weighted by atomic mass is 16.5. The fourth-order valence-electron chi connectivity index (χ4n) is 2.00. The summed E-state index contributed by atoms with van der Waals surface area (Å²) in [6.07, 6.45) is 1.50. The van der Waals surface area contributed by atoms with Crippen LogP contribution in [0.5, 0.6) is 17.2 Å². The highest BCUT2D eigenvalue weighted by molar-refractivity contribution is 5.95. The molecule has 0 aromatic heterocycles. The number of carbonyl (C=O) groups is 1. The average Bonchev–Trinajstić information content (AvgIpc) is 2.61. The molecule has 1 amide bonds. The van der Waals surface area contributed by atoms with Gasteiger partial charge in [0, 0.05) is 11.1 Å². The summed E-state index contributed by atoms with van der Waals surface area (Å²) in [4.78, 5) is 12.0. The molecule has 0 unspecified atom stereocenters. The number of hydrogen-bond donors (Lipinski definition) is 1. The van der Waals surface area contributed by atoms with Gasteiger partial charge in [-0.2, -0.15) is 5.10 Å². The highest BCUT2D eigenvalue weighted by Crippen LogP contribution is 2.29. The van der Waals surface area contributed by atoms with Gasteiger partial charge in [0.05, 0.1) is 27.5 Å². The zero-order valence-electron chi connectivity index (χ0n) is 13.2. The van der Waals surface area contributed by atoms with Crippen molar-refractivity contribution in [2.45, 2.75) is 0 Å². The Morgan fingerprint density at radius 1 is 1.04 bits per heavy atom. The topological polar surface area (TPSA) is 69.2 Å². The van der Waals surface area contributed by atoms with Gasteiger partial charge in [0.15, 0.2) is 11.5 Å². The zero-order valence-corrected chi connectivity index (χ0v) is 13.2. The van der Waals surface area contributed by atoms with E-state index in [0.29, 0.717) is 28.4 Å². The first kappa shape index (κ1) is 16.4. The van der Waals surface area contributed by atoms with Crippen molar-refractivity contribution in [3.05, 3.63) is 53.6 Å². The van der Waals surface area contributed by atoms with Crippen LogP contribution in [0.1, 0.15) is 15.9 Å². The van der Waals surface area contributed by atoms with E-state index in [4.69, 9.17) is 14.2 Å². The number of nitrogens with one attached hydrogen (secondary N) is 1. The van der Waals surface area contributed by atoms with Gasteiger partial charge >= 0.3 is 0 Å². The summed E-state index contributed by atoms with van der Waals surface area (Å²) in [6.45, 7) is 0. The molecule has 2 rings (SSSR count). The second-order valence-corrected chi connectivity index (χ2v) is 4.51. The fraction of sp³-hybridized carbons (Fsp3) is 0.176. The van der Waals surface area contributed by atoms with Crippen molar-refractivity contribution in [2.24, 2.45) is 5.10 Å². The minimum atomic E-state index is -0.331. The van der Waals surface area contributed by atoms with Gasteiger partial charge in [-0.05, 0) is 30.3 Å². The molecule has 0 aliphatic rings. The summed E-state index contributed by atoms with van der Waals surface area (Å²) in [5, 5.41) is 3.96. The Balaban J connectivity index is 2.11. The normalized spacial score (nSPS) is 10.4. The van der Waals surface area contributed by atoms with Crippen molar-refractivity contribution in [3.63, 3.8) is 0 Å². The molecule has 0 atom stereocenters. The molecule has 6 nitrogen and oxygen atoms in total. The van der Waals surface area contributed by atoms with Crippen LogP contribution in [0.4, 0.5) is 0 Å². The molecule has 2 aromatic carbocycles. The average molecular weight is 314 g/mol. The third kappa shape index (κ3) is 4.00. The quantitative estimate of drug-likeness (QED) is 0.657. The standard InChI is InChI=1S/C17H18N2O4/c1-21-14-8-4-6-12(10-14)17(20)19-18-11-13-7-5-9-15(22-2)16(13)23-3/h4-11H,1-3H3,(H,19,20)/b18-11-. The predicted octanol–water partition coefficient (Wildman–Crippen LogP) is 2.48. The second kappa shape index (κ2) is 7.84. The van der Waals surface area contributed by atoms with Crippen LogP contribution in [-0.4, -0.2) is 33.5 Å². The van der Waals surface area contributed by atoms with Gasteiger partial charge in [-0.25, -0.2) is 5.43 Å². The second-order valence-electron chi connectivity index (χ2n) is 4.51. The summed E-state index contributed by atoms with van der Waals surface area (Å²) in [5.41, 5.74) is 3.62. The molecular formula is C17H18N2O4. The number of amides is 1. The number of methoxy groups -OCH3 is 3. The molecule has 0 aliphatic carbocycles. The first-order chi connectivity index (χ1) is 11.2. The van der Waals surface area contributed by atoms with E-state index < -0.39 is 0 Å². The molecule has 0 spiro atoms. The van der Waals surface area contributed by atoms with Gasteiger partial charge in [-0.3, -0.25) is 4.79 Å². The summed E-state index contributed by atoms with van der Waals surface area (Å²) in [5.74, 6) is 1.42. The van der Waals surface area contributed by atoms with E-state index >= 15 is 0 Å². The molecule has 1 N–H and O–H groups in total. The van der Waals surface area contributed by atoms with Crippen LogP contribution in [-0.2, 0) is 0 Å². The largest absolute Gasteiger partial charge is 0.497 e. The SMILES string of the molecule is COc1cccc(C(=O)N/N=C\c2cccc(OC)c2OC)c1. The molecule has 0 heterocycles. The number of rotatable bonds is 6. The van der Waals surface area contributed by atoms with Crippen LogP contribution in [0.25, 0.3) is 0 Å². The molecule has 0 fully saturated rings. The lowest BCUT2D eigenvalue weighted by atomic mass is 10.2. The molecule has 2 aromatic rings. The van der Waals surface area contributed by atoms with E-state index in [1.807, 2.05) is 12.1 Å².